The third-order valence-electron chi connectivity index (χ3n) is 4.85. The minimum absolute atomic E-state index is 0.564. The molecule has 4 heteroatoms. The first-order valence-corrected chi connectivity index (χ1v) is 9.03. The first-order chi connectivity index (χ1) is 11.6. The molecule has 0 aliphatic carbocycles. The lowest BCUT2D eigenvalue weighted by atomic mass is 10.0. The fourth-order valence-corrected chi connectivity index (χ4v) is 3.44. The average molecular weight is 324 g/mol. The molecule has 0 spiro atoms. The maximum absolute atomic E-state index is 4.83. The first-order valence-electron chi connectivity index (χ1n) is 9.03. The van der Waals surface area contributed by atoms with E-state index in [1.807, 2.05) is 13.0 Å². The molecule has 3 rings (SSSR count). The van der Waals surface area contributed by atoms with Crippen molar-refractivity contribution in [2.24, 2.45) is 0 Å². The van der Waals surface area contributed by atoms with E-state index in [1.165, 1.54) is 30.4 Å². The minimum atomic E-state index is 0.564. The highest BCUT2D eigenvalue weighted by Crippen LogP contribution is 2.27. The Bertz CT molecular complexity index is 711. The maximum atomic E-state index is 4.83. The SMILES string of the molecule is CCC1CCCCN1c1nc(C)cc(Nc2cc(C)ccc2C)n1. The fraction of sp³-hybridized carbons (Fsp3) is 0.500. The molecule has 4 nitrogen and oxygen atoms in total. The van der Waals surface area contributed by atoms with Gasteiger partial charge in [-0.25, -0.2) is 4.98 Å². The molecule has 1 unspecified atom stereocenters. The topological polar surface area (TPSA) is 41.1 Å². The summed E-state index contributed by atoms with van der Waals surface area (Å²) >= 11 is 0. The van der Waals surface area contributed by atoms with Crippen LogP contribution in [0.5, 0.6) is 0 Å². The smallest absolute Gasteiger partial charge is 0.227 e. The van der Waals surface area contributed by atoms with Crippen molar-refractivity contribution < 1.29 is 0 Å². The van der Waals surface area contributed by atoms with Gasteiger partial charge in [0.05, 0.1) is 0 Å². The molecule has 2 heterocycles. The van der Waals surface area contributed by atoms with E-state index in [2.05, 4.69) is 49.2 Å². The van der Waals surface area contributed by atoms with E-state index in [-0.39, 0.29) is 0 Å². The molecule has 0 bridgehead atoms. The van der Waals surface area contributed by atoms with E-state index in [4.69, 9.17) is 9.97 Å². The summed E-state index contributed by atoms with van der Waals surface area (Å²) in [6, 6.07) is 9.04. The third kappa shape index (κ3) is 3.69. The predicted molar refractivity (Wildman–Crippen MR) is 101 cm³/mol. The van der Waals surface area contributed by atoms with Crippen molar-refractivity contribution >= 4 is 17.5 Å². The summed E-state index contributed by atoms with van der Waals surface area (Å²) in [6.45, 7) is 9.60. The standard InChI is InChI=1S/C20H28N4/c1-5-17-8-6-7-11-24(17)20-21-16(4)13-19(23-20)22-18-12-14(2)9-10-15(18)3/h9-10,12-13,17H,5-8,11H2,1-4H3,(H,21,22,23). The van der Waals surface area contributed by atoms with Crippen LogP contribution in [-0.2, 0) is 0 Å². The van der Waals surface area contributed by atoms with Gasteiger partial charge in [0, 0.05) is 30.0 Å². The number of aryl methyl sites for hydroxylation is 3. The van der Waals surface area contributed by atoms with Crippen LogP contribution in [0.4, 0.5) is 17.5 Å². The maximum Gasteiger partial charge on any atom is 0.227 e. The highest BCUT2D eigenvalue weighted by atomic mass is 15.3. The van der Waals surface area contributed by atoms with Crippen molar-refractivity contribution in [3.63, 3.8) is 0 Å². The number of nitrogens with zero attached hydrogens (tertiary/aromatic N) is 3. The van der Waals surface area contributed by atoms with Crippen LogP contribution in [0.1, 0.15) is 49.4 Å². The van der Waals surface area contributed by atoms with Crippen LogP contribution in [0.15, 0.2) is 24.3 Å². The molecule has 0 amide bonds. The van der Waals surface area contributed by atoms with Gasteiger partial charge in [-0.15, -0.1) is 0 Å². The second kappa shape index (κ2) is 7.20. The molecule has 1 atom stereocenters. The zero-order valence-corrected chi connectivity index (χ0v) is 15.3. The summed E-state index contributed by atoms with van der Waals surface area (Å²) in [5.74, 6) is 1.75. The normalized spacial score (nSPS) is 17.8. The number of piperidine rings is 1. The number of aromatic nitrogens is 2. The van der Waals surface area contributed by atoms with Crippen molar-refractivity contribution in [3.8, 4) is 0 Å². The molecule has 2 aromatic rings. The van der Waals surface area contributed by atoms with Crippen molar-refractivity contribution in [2.75, 3.05) is 16.8 Å². The van der Waals surface area contributed by atoms with E-state index in [9.17, 15) is 0 Å². The molecular weight excluding hydrogens is 296 g/mol. The van der Waals surface area contributed by atoms with Crippen molar-refractivity contribution in [3.05, 3.63) is 41.1 Å². The lowest BCUT2D eigenvalue weighted by molar-refractivity contribution is 0.443. The molecule has 128 valence electrons. The molecule has 1 aliphatic heterocycles. The highest BCUT2D eigenvalue weighted by molar-refractivity contribution is 5.62. The molecule has 1 saturated heterocycles. The molecular formula is C20H28N4. The minimum Gasteiger partial charge on any atom is -0.340 e. The van der Waals surface area contributed by atoms with Gasteiger partial charge in [-0.3, -0.25) is 0 Å². The van der Waals surface area contributed by atoms with Crippen LogP contribution in [0.25, 0.3) is 0 Å². The van der Waals surface area contributed by atoms with E-state index in [0.29, 0.717) is 6.04 Å². The fourth-order valence-electron chi connectivity index (χ4n) is 3.44. The van der Waals surface area contributed by atoms with E-state index in [0.717, 1.165) is 36.1 Å². The summed E-state index contributed by atoms with van der Waals surface area (Å²) < 4.78 is 0. The van der Waals surface area contributed by atoms with Crippen LogP contribution in [0, 0.1) is 20.8 Å². The van der Waals surface area contributed by atoms with Crippen LogP contribution >= 0.6 is 0 Å². The number of anilines is 3. The van der Waals surface area contributed by atoms with Gasteiger partial charge in [0.15, 0.2) is 0 Å². The Kier molecular flexibility index (Phi) is 5.03. The number of hydrogen-bond donors (Lipinski definition) is 1. The molecule has 0 saturated carbocycles. The summed E-state index contributed by atoms with van der Waals surface area (Å²) in [5, 5.41) is 3.49. The average Bonchev–Trinajstić information content (AvgIpc) is 2.57. The van der Waals surface area contributed by atoms with E-state index >= 15 is 0 Å². The summed E-state index contributed by atoms with van der Waals surface area (Å²) in [6.07, 6.45) is 4.94. The third-order valence-corrected chi connectivity index (χ3v) is 4.85. The zero-order chi connectivity index (χ0) is 17.1. The summed E-state index contributed by atoms with van der Waals surface area (Å²) in [4.78, 5) is 11.9. The Morgan fingerprint density at radius 1 is 1.12 bits per heavy atom. The number of hydrogen-bond acceptors (Lipinski definition) is 4. The molecule has 1 aromatic carbocycles. The zero-order valence-electron chi connectivity index (χ0n) is 15.3. The molecule has 1 aromatic heterocycles. The Labute approximate surface area is 145 Å². The lowest BCUT2D eigenvalue weighted by Crippen LogP contribution is -2.40. The second-order valence-electron chi connectivity index (χ2n) is 6.89. The monoisotopic (exact) mass is 324 g/mol. The quantitative estimate of drug-likeness (QED) is 0.867. The Morgan fingerprint density at radius 3 is 2.75 bits per heavy atom. The lowest BCUT2D eigenvalue weighted by Gasteiger charge is -2.35. The van der Waals surface area contributed by atoms with Crippen LogP contribution in [0.2, 0.25) is 0 Å². The van der Waals surface area contributed by atoms with E-state index in [1.54, 1.807) is 0 Å². The summed E-state index contributed by atoms with van der Waals surface area (Å²) in [5.41, 5.74) is 4.59. The van der Waals surface area contributed by atoms with Gasteiger partial charge in [-0.05, 0) is 63.6 Å². The van der Waals surface area contributed by atoms with Crippen molar-refractivity contribution in [2.45, 2.75) is 59.4 Å². The number of benzene rings is 1. The van der Waals surface area contributed by atoms with Crippen LogP contribution < -0.4 is 10.2 Å². The van der Waals surface area contributed by atoms with Crippen molar-refractivity contribution in [1.82, 2.24) is 9.97 Å². The Hall–Kier alpha value is -2.10. The van der Waals surface area contributed by atoms with Crippen LogP contribution in [-0.4, -0.2) is 22.6 Å². The van der Waals surface area contributed by atoms with Gasteiger partial charge in [0.2, 0.25) is 5.95 Å². The molecule has 1 N–H and O–H groups in total. The molecule has 0 radical (unpaired) electrons. The van der Waals surface area contributed by atoms with Gasteiger partial charge >= 0.3 is 0 Å². The predicted octanol–water partition coefficient (Wildman–Crippen LogP) is 4.91. The van der Waals surface area contributed by atoms with Crippen LogP contribution in [0.3, 0.4) is 0 Å². The Balaban J connectivity index is 1.90. The summed E-state index contributed by atoms with van der Waals surface area (Å²) in [7, 11) is 0. The molecule has 1 aliphatic rings. The molecule has 24 heavy (non-hydrogen) atoms. The largest absolute Gasteiger partial charge is 0.340 e. The first kappa shape index (κ1) is 16.7. The van der Waals surface area contributed by atoms with Gasteiger partial charge < -0.3 is 10.2 Å². The molecule has 1 fully saturated rings. The van der Waals surface area contributed by atoms with Gasteiger partial charge in [0.1, 0.15) is 5.82 Å². The Morgan fingerprint density at radius 2 is 1.96 bits per heavy atom. The van der Waals surface area contributed by atoms with E-state index < -0.39 is 0 Å². The van der Waals surface area contributed by atoms with Gasteiger partial charge in [-0.1, -0.05) is 19.1 Å². The van der Waals surface area contributed by atoms with Gasteiger partial charge in [-0.2, -0.15) is 4.98 Å². The number of nitrogens with one attached hydrogen (secondary N) is 1. The van der Waals surface area contributed by atoms with Gasteiger partial charge in [0.25, 0.3) is 0 Å². The second-order valence-corrected chi connectivity index (χ2v) is 6.89. The number of rotatable bonds is 4. The highest BCUT2D eigenvalue weighted by Gasteiger charge is 2.23. The van der Waals surface area contributed by atoms with Crippen molar-refractivity contribution in [1.29, 1.82) is 0 Å².